The van der Waals surface area contributed by atoms with E-state index in [9.17, 15) is 18.0 Å². The minimum Gasteiger partial charge on any atom is -0.480 e. The molecule has 8 heteroatoms. The van der Waals surface area contributed by atoms with E-state index in [1.165, 1.54) is 75.6 Å². The molecule has 3 fully saturated rings. The van der Waals surface area contributed by atoms with Crippen molar-refractivity contribution in [1.82, 2.24) is 10.3 Å². The first-order valence-corrected chi connectivity index (χ1v) is 14.5. The Morgan fingerprint density at radius 3 is 2.48 bits per heavy atom. The standard InChI is InChI=1S/C25H37F3N2O2S/c1-4-8-33(9-5-10-33)15-19-13-24(14-19,12-18-6-7-18)16-29-22(31)21-17(2)11-20(25(26,27)28)30-23(21)32-3/h11,18-19H,4-10,12-16H2,1-3H3,(H,29,31). The molecule has 1 aromatic rings. The van der Waals surface area contributed by atoms with Crippen molar-refractivity contribution in [1.29, 1.82) is 0 Å². The summed E-state index contributed by atoms with van der Waals surface area (Å²) in [4.78, 5) is 16.6. The van der Waals surface area contributed by atoms with Crippen LogP contribution < -0.4 is 10.1 Å². The van der Waals surface area contributed by atoms with Gasteiger partial charge < -0.3 is 10.1 Å². The van der Waals surface area contributed by atoms with Crippen molar-refractivity contribution < 1.29 is 22.7 Å². The van der Waals surface area contributed by atoms with Gasteiger partial charge in [0.2, 0.25) is 5.88 Å². The minimum absolute atomic E-state index is 0.101. The molecule has 0 spiro atoms. The molecule has 2 saturated carbocycles. The van der Waals surface area contributed by atoms with E-state index in [0.29, 0.717) is 6.54 Å². The predicted octanol–water partition coefficient (Wildman–Crippen LogP) is 5.96. The van der Waals surface area contributed by atoms with Gasteiger partial charge in [0.05, 0.1) is 7.11 Å². The molecule has 2 heterocycles. The van der Waals surface area contributed by atoms with Crippen molar-refractivity contribution in [2.45, 2.75) is 65.0 Å². The van der Waals surface area contributed by atoms with Gasteiger partial charge in [0, 0.05) is 6.54 Å². The number of ether oxygens (including phenoxy) is 1. The quantitative estimate of drug-likeness (QED) is 0.444. The Kier molecular flexibility index (Phi) is 6.96. The van der Waals surface area contributed by atoms with Crippen molar-refractivity contribution in [2.24, 2.45) is 17.3 Å². The molecule has 33 heavy (non-hydrogen) atoms. The van der Waals surface area contributed by atoms with E-state index in [2.05, 4.69) is 17.2 Å². The van der Waals surface area contributed by atoms with Gasteiger partial charge in [0.15, 0.2) is 0 Å². The van der Waals surface area contributed by atoms with Gasteiger partial charge in [-0.05, 0) is 90.9 Å². The number of amides is 1. The molecule has 0 unspecified atom stereocenters. The third-order valence-corrected chi connectivity index (χ3v) is 12.5. The summed E-state index contributed by atoms with van der Waals surface area (Å²) in [6.45, 7) is 4.38. The summed E-state index contributed by atoms with van der Waals surface area (Å²) in [5, 5.41) is 3.05. The van der Waals surface area contributed by atoms with E-state index >= 15 is 0 Å². The van der Waals surface area contributed by atoms with Crippen molar-refractivity contribution >= 4 is 15.9 Å². The van der Waals surface area contributed by atoms with Crippen LogP contribution in [0.15, 0.2) is 6.07 Å². The van der Waals surface area contributed by atoms with E-state index in [-0.39, 0.29) is 32.4 Å². The molecule has 3 aliphatic rings. The number of pyridine rings is 1. The van der Waals surface area contributed by atoms with Gasteiger partial charge in [-0.1, -0.05) is 19.8 Å². The fourth-order valence-electron chi connectivity index (χ4n) is 6.11. The Bertz CT molecular complexity index is 875. The molecule has 2 aliphatic carbocycles. The zero-order valence-electron chi connectivity index (χ0n) is 20.0. The minimum atomic E-state index is -4.58. The summed E-state index contributed by atoms with van der Waals surface area (Å²) >= 11 is 0. The van der Waals surface area contributed by atoms with E-state index in [4.69, 9.17) is 4.74 Å². The second-order valence-electron chi connectivity index (χ2n) is 10.7. The number of halogens is 3. The predicted molar refractivity (Wildman–Crippen MR) is 127 cm³/mol. The van der Waals surface area contributed by atoms with Crippen molar-refractivity contribution in [3.8, 4) is 5.88 Å². The number of hydrogen-bond donors (Lipinski definition) is 1. The van der Waals surface area contributed by atoms with Crippen LogP contribution in [0.5, 0.6) is 5.88 Å². The Morgan fingerprint density at radius 1 is 1.27 bits per heavy atom. The molecule has 0 bridgehead atoms. The van der Waals surface area contributed by atoms with Crippen LogP contribution in [0.3, 0.4) is 0 Å². The average Bonchev–Trinajstić information content (AvgIpc) is 3.51. The largest absolute Gasteiger partial charge is 0.480 e. The number of hydrogen-bond acceptors (Lipinski definition) is 3. The van der Waals surface area contributed by atoms with Crippen LogP contribution in [0, 0.1) is 24.2 Å². The zero-order valence-corrected chi connectivity index (χ0v) is 20.8. The molecule has 1 saturated heterocycles. The van der Waals surface area contributed by atoms with E-state index in [0.717, 1.165) is 24.3 Å². The highest BCUT2D eigenvalue weighted by atomic mass is 32.3. The first-order chi connectivity index (χ1) is 15.6. The third-order valence-electron chi connectivity index (χ3n) is 7.76. The maximum atomic E-state index is 13.1. The fourth-order valence-corrected chi connectivity index (χ4v) is 10.2. The molecule has 4 nitrogen and oxygen atoms in total. The lowest BCUT2D eigenvalue weighted by molar-refractivity contribution is -0.141. The van der Waals surface area contributed by atoms with Crippen molar-refractivity contribution in [3.05, 3.63) is 22.9 Å². The van der Waals surface area contributed by atoms with Gasteiger partial charge in [-0.3, -0.25) is 4.79 Å². The van der Waals surface area contributed by atoms with Crippen LogP contribution in [0.4, 0.5) is 13.2 Å². The third kappa shape index (κ3) is 5.46. The lowest BCUT2D eigenvalue weighted by Crippen LogP contribution is -2.49. The maximum absolute atomic E-state index is 13.1. The normalized spacial score (nSPS) is 27.3. The van der Waals surface area contributed by atoms with Crippen LogP contribution >= 0.6 is 10.0 Å². The second kappa shape index (κ2) is 9.31. The van der Waals surface area contributed by atoms with Crippen LogP contribution in [0.1, 0.15) is 73.5 Å². The smallest absolute Gasteiger partial charge is 0.433 e. The van der Waals surface area contributed by atoms with Gasteiger partial charge in [-0.15, -0.1) is 0 Å². The van der Waals surface area contributed by atoms with Gasteiger partial charge in [0.25, 0.3) is 5.91 Å². The topological polar surface area (TPSA) is 51.2 Å². The van der Waals surface area contributed by atoms with Gasteiger partial charge in [-0.2, -0.15) is 13.2 Å². The number of carbonyl (C=O) groups is 1. The molecule has 1 aliphatic heterocycles. The number of rotatable bonds is 10. The lowest BCUT2D eigenvalue weighted by Gasteiger charge is -2.56. The summed E-state index contributed by atoms with van der Waals surface area (Å²) in [5.74, 6) is 6.59. The summed E-state index contributed by atoms with van der Waals surface area (Å²) < 4.78 is 44.4. The van der Waals surface area contributed by atoms with Crippen LogP contribution in [0.2, 0.25) is 0 Å². The average molecular weight is 487 g/mol. The highest BCUT2D eigenvalue weighted by Gasteiger charge is 2.49. The molecule has 1 amide bonds. The van der Waals surface area contributed by atoms with E-state index in [1.54, 1.807) is 0 Å². The number of nitrogens with one attached hydrogen (secondary N) is 1. The molecule has 0 radical (unpaired) electrons. The molecular weight excluding hydrogens is 449 g/mol. The van der Waals surface area contributed by atoms with Gasteiger partial charge in [0.1, 0.15) is 11.3 Å². The number of aromatic nitrogens is 1. The van der Waals surface area contributed by atoms with Crippen LogP contribution in [-0.2, 0) is 6.18 Å². The summed E-state index contributed by atoms with van der Waals surface area (Å²) in [5.41, 5.74) is -0.577. The molecule has 186 valence electrons. The summed E-state index contributed by atoms with van der Waals surface area (Å²) in [6, 6.07) is 0.922. The molecular formula is C25H37F3N2O2S. The fraction of sp³-hybridized carbons (Fsp3) is 0.760. The lowest BCUT2D eigenvalue weighted by atomic mass is 9.60. The number of nitrogens with zero attached hydrogens (tertiary/aromatic N) is 1. The molecule has 1 aromatic heterocycles. The monoisotopic (exact) mass is 486 g/mol. The number of methoxy groups -OCH3 is 1. The Balaban J connectivity index is 1.41. The van der Waals surface area contributed by atoms with E-state index in [1.807, 2.05) is 0 Å². The Hall–Kier alpha value is -1.44. The zero-order chi connectivity index (χ0) is 23.9. The Morgan fingerprint density at radius 2 is 1.97 bits per heavy atom. The van der Waals surface area contributed by atoms with Crippen molar-refractivity contribution in [2.75, 3.05) is 36.7 Å². The Labute approximate surface area is 196 Å². The van der Waals surface area contributed by atoms with Crippen LogP contribution in [-0.4, -0.2) is 47.6 Å². The summed E-state index contributed by atoms with van der Waals surface area (Å²) in [7, 11) is 0.870. The first-order valence-electron chi connectivity index (χ1n) is 12.2. The maximum Gasteiger partial charge on any atom is 0.433 e. The molecule has 0 atom stereocenters. The second-order valence-corrected chi connectivity index (χ2v) is 14.7. The van der Waals surface area contributed by atoms with Crippen LogP contribution in [0.25, 0.3) is 0 Å². The van der Waals surface area contributed by atoms with E-state index < -0.39 is 17.8 Å². The first kappa shape index (κ1) is 24.7. The summed E-state index contributed by atoms with van der Waals surface area (Å²) in [6.07, 6.45) is 4.15. The SMILES string of the molecule is CCCS1(CC2CC(CNC(=O)c3c(C)cc(C(F)(F)F)nc3OC)(CC3CC3)C2)CCC1. The number of aryl methyl sites for hydroxylation is 1. The molecule has 4 rings (SSSR count). The van der Waals surface area contributed by atoms with Gasteiger partial charge >= 0.3 is 6.18 Å². The molecule has 1 N–H and O–H groups in total. The molecule has 0 aromatic carbocycles. The highest BCUT2D eigenvalue weighted by molar-refractivity contribution is 8.34. The highest BCUT2D eigenvalue weighted by Crippen LogP contribution is 2.63. The number of carbonyl (C=O) groups excluding carboxylic acids is 1. The van der Waals surface area contributed by atoms with Gasteiger partial charge in [-0.25, -0.2) is 15.0 Å². The number of alkyl halides is 3. The van der Waals surface area contributed by atoms with Crippen molar-refractivity contribution in [3.63, 3.8) is 0 Å².